The van der Waals surface area contributed by atoms with Crippen molar-refractivity contribution in [3.8, 4) is 11.5 Å². The molecule has 0 spiro atoms. The molecule has 6 nitrogen and oxygen atoms in total. The van der Waals surface area contributed by atoms with Gasteiger partial charge in [0, 0.05) is 31.6 Å². The van der Waals surface area contributed by atoms with Crippen LogP contribution in [0.25, 0.3) is 0 Å². The number of ether oxygens (including phenoxy) is 2. The van der Waals surface area contributed by atoms with E-state index in [1.807, 2.05) is 59.5 Å². The van der Waals surface area contributed by atoms with Crippen LogP contribution in [0, 0.1) is 5.41 Å². The second-order valence-corrected chi connectivity index (χ2v) is 8.54. The Bertz CT molecular complexity index is 870. The lowest BCUT2D eigenvalue weighted by Crippen LogP contribution is -2.43. The molecule has 2 aliphatic rings. The molecule has 0 bridgehead atoms. The summed E-state index contributed by atoms with van der Waals surface area (Å²) >= 11 is 0. The molecule has 0 unspecified atom stereocenters. The average molecular weight is 423 g/mol. The molecule has 2 aromatic carbocycles. The van der Waals surface area contributed by atoms with E-state index in [0.29, 0.717) is 44.9 Å². The van der Waals surface area contributed by atoms with Crippen LogP contribution in [0.2, 0.25) is 0 Å². The minimum absolute atomic E-state index is 0.0339. The Morgan fingerprint density at radius 2 is 1.55 bits per heavy atom. The first kappa shape index (κ1) is 21.4. The van der Waals surface area contributed by atoms with Gasteiger partial charge in [-0.05, 0) is 54.7 Å². The van der Waals surface area contributed by atoms with Crippen LogP contribution in [0.1, 0.15) is 38.5 Å². The molecule has 1 saturated carbocycles. The molecule has 31 heavy (non-hydrogen) atoms. The largest absolute Gasteiger partial charge is 0.457 e. The highest BCUT2D eigenvalue weighted by atomic mass is 16.5. The summed E-state index contributed by atoms with van der Waals surface area (Å²) in [6, 6.07) is 17.0. The zero-order valence-electron chi connectivity index (χ0n) is 17.8. The SMILES string of the molecule is O=C(CC1(CC(=O)N2CCOCC2)CCCC1)Nc1ccc(Oc2ccccc2)cc1. The molecule has 0 aromatic heterocycles. The minimum atomic E-state index is -0.226. The van der Waals surface area contributed by atoms with E-state index in [1.54, 1.807) is 0 Å². The molecular formula is C25H30N2O4. The molecule has 1 aliphatic carbocycles. The fourth-order valence-electron chi connectivity index (χ4n) is 4.56. The van der Waals surface area contributed by atoms with Gasteiger partial charge < -0.3 is 19.7 Å². The van der Waals surface area contributed by atoms with Gasteiger partial charge >= 0.3 is 0 Å². The summed E-state index contributed by atoms with van der Waals surface area (Å²) in [7, 11) is 0. The van der Waals surface area contributed by atoms with Crippen molar-refractivity contribution < 1.29 is 19.1 Å². The van der Waals surface area contributed by atoms with Gasteiger partial charge in [0.2, 0.25) is 11.8 Å². The van der Waals surface area contributed by atoms with Crippen molar-refractivity contribution in [3.63, 3.8) is 0 Å². The van der Waals surface area contributed by atoms with Gasteiger partial charge in [-0.2, -0.15) is 0 Å². The number of amides is 2. The van der Waals surface area contributed by atoms with E-state index in [0.717, 1.165) is 37.1 Å². The predicted octanol–water partition coefficient (Wildman–Crippen LogP) is 4.62. The molecule has 6 heteroatoms. The van der Waals surface area contributed by atoms with Crippen LogP contribution in [0.3, 0.4) is 0 Å². The zero-order chi connectivity index (χ0) is 21.5. The summed E-state index contributed by atoms with van der Waals surface area (Å²) in [5.41, 5.74) is 0.508. The normalized spacial score (nSPS) is 17.9. The highest BCUT2D eigenvalue weighted by Gasteiger charge is 2.39. The zero-order valence-corrected chi connectivity index (χ0v) is 17.8. The Morgan fingerprint density at radius 3 is 2.23 bits per heavy atom. The van der Waals surface area contributed by atoms with Crippen molar-refractivity contribution >= 4 is 17.5 Å². The van der Waals surface area contributed by atoms with Crippen LogP contribution >= 0.6 is 0 Å². The highest BCUT2D eigenvalue weighted by Crippen LogP contribution is 2.44. The van der Waals surface area contributed by atoms with Crippen LogP contribution in [0.4, 0.5) is 5.69 Å². The smallest absolute Gasteiger partial charge is 0.224 e. The van der Waals surface area contributed by atoms with Gasteiger partial charge in [0.15, 0.2) is 0 Å². The topological polar surface area (TPSA) is 67.9 Å². The fraction of sp³-hybridized carbons (Fsp3) is 0.440. The number of hydrogen-bond donors (Lipinski definition) is 1. The standard InChI is InChI=1S/C25H30N2O4/c28-23(26-20-8-10-22(11-9-20)31-21-6-2-1-3-7-21)18-25(12-4-5-13-25)19-24(29)27-14-16-30-17-15-27/h1-3,6-11H,4-5,12-19H2,(H,26,28). The lowest BCUT2D eigenvalue weighted by molar-refractivity contribution is -0.138. The Morgan fingerprint density at radius 1 is 0.903 bits per heavy atom. The number of hydrogen-bond acceptors (Lipinski definition) is 4. The maximum absolute atomic E-state index is 12.8. The van der Waals surface area contributed by atoms with Crippen molar-refractivity contribution in [2.24, 2.45) is 5.41 Å². The molecular weight excluding hydrogens is 392 g/mol. The highest BCUT2D eigenvalue weighted by molar-refractivity contribution is 5.91. The van der Waals surface area contributed by atoms with E-state index in [4.69, 9.17) is 9.47 Å². The van der Waals surface area contributed by atoms with Crippen molar-refractivity contribution in [2.75, 3.05) is 31.6 Å². The predicted molar refractivity (Wildman–Crippen MR) is 119 cm³/mol. The molecule has 164 valence electrons. The third kappa shape index (κ3) is 5.85. The van der Waals surface area contributed by atoms with Crippen LogP contribution in [-0.4, -0.2) is 43.0 Å². The van der Waals surface area contributed by atoms with Gasteiger partial charge in [0.05, 0.1) is 13.2 Å². The maximum Gasteiger partial charge on any atom is 0.224 e. The molecule has 1 N–H and O–H groups in total. The van der Waals surface area contributed by atoms with E-state index in [9.17, 15) is 9.59 Å². The van der Waals surface area contributed by atoms with Gasteiger partial charge in [-0.15, -0.1) is 0 Å². The summed E-state index contributed by atoms with van der Waals surface area (Å²) in [6.07, 6.45) is 4.85. The summed E-state index contributed by atoms with van der Waals surface area (Å²) in [6.45, 7) is 2.50. The van der Waals surface area contributed by atoms with E-state index in [-0.39, 0.29) is 17.2 Å². The molecule has 2 aromatic rings. The van der Waals surface area contributed by atoms with Crippen molar-refractivity contribution in [2.45, 2.75) is 38.5 Å². The van der Waals surface area contributed by atoms with Crippen LogP contribution in [0.5, 0.6) is 11.5 Å². The number of carbonyl (C=O) groups is 2. The van der Waals surface area contributed by atoms with E-state index in [2.05, 4.69) is 5.32 Å². The number of rotatable bonds is 7. The number of carbonyl (C=O) groups excluding carboxylic acids is 2. The quantitative estimate of drug-likeness (QED) is 0.707. The summed E-state index contributed by atoms with van der Waals surface area (Å²) in [5.74, 6) is 1.61. The number of morpholine rings is 1. The van der Waals surface area contributed by atoms with Crippen molar-refractivity contribution in [3.05, 3.63) is 54.6 Å². The molecule has 0 atom stereocenters. The van der Waals surface area contributed by atoms with Crippen molar-refractivity contribution in [1.82, 2.24) is 4.90 Å². The van der Waals surface area contributed by atoms with Crippen LogP contribution in [0.15, 0.2) is 54.6 Å². The van der Waals surface area contributed by atoms with E-state index < -0.39 is 0 Å². The minimum Gasteiger partial charge on any atom is -0.457 e. The molecule has 2 amide bonds. The van der Waals surface area contributed by atoms with E-state index in [1.165, 1.54) is 0 Å². The van der Waals surface area contributed by atoms with Gasteiger partial charge in [-0.25, -0.2) is 0 Å². The third-order valence-electron chi connectivity index (χ3n) is 6.21. The number of anilines is 1. The fourth-order valence-corrected chi connectivity index (χ4v) is 4.56. The van der Waals surface area contributed by atoms with Gasteiger partial charge in [-0.1, -0.05) is 31.0 Å². The third-order valence-corrected chi connectivity index (χ3v) is 6.21. The van der Waals surface area contributed by atoms with Crippen LogP contribution < -0.4 is 10.1 Å². The maximum atomic E-state index is 12.8. The number of nitrogens with zero attached hydrogens (tertiary/aromatic N) is 1. The Labute approximate surface area is 183 Å². The molecule has 2 fully saturated rings. The van der Waals surface area contributed by atoms with E-state index >= 15 is 0 Å². The lowest BCUT2D eigenvalue weighted by Gasteiger charge is -2.33. The molecule has 1 aliphatic heterocycles. The monoisotopic (exact) mass is 422 g/mol. The summed E-state index contributed by atoms with van der Waals surface area (Å²) in [5, 5.41) is 3.00. The molecule has 0 radical (unpaired) electrons. The Kier molecular flexibility index (Phi) is 6.87. The molecule has 1 saturated heterocycles. The first-order valence-electron chi connectivity index (χ1n) is 11.1. The van der Waals surface area contributed by atoms with Crippen LogP contribution in [-0.2, 0) is 14.3 Å². The van der Waals surface area contributed by atoms with Gasteiger partial charge in [0.1, 0.15) is 11.5 Å². The number of benzene rings is 2. The first-order chi connectivity index (χ1) is 15.1. The van der Waals surface area contributed by atoms with Gasteiger partial charge in [-0.3, -0.25) is 9.59 Å². The number of nitrogens with one attached hydrogen (secondary N) is 1. The van der Waals surface area contributed by atoms with Gasteiger partial charge in [0.25, 0.3) is 0 Å². The number of para-hydroxylation sites is 1. The molecule has 4 rings (SSSR count). The second kappa shape index (κ2) is 9.96. The summed E-state index contributed by atoms with van der Waals surface area (Å²) < 4.78 is 11.2. The first-order valence-corrected chi connectivity index (χ1v) is 11.1. The van der Waals surface area contributed by atoms with Crippen molar-refractivity contribution in [1.29, 1.82) is 0 Å². The average Bonchev–Trinajstić information content (AvgIpc) is 3.24. The Balaban J connectivity index is 1.33. The second-order valence-electron chi connectivity index (χ2n) is 8.54. The molecule has 1 heterocycles. The Hall–Kier alpha value is -2.86. The lowest BCUT2D eigenvalue weighted by atomic mass is 9.78. The summed E-state index contributed by atoms with van der Waals surface area (Å²) in [4.78, 5) is 27.5.